The van der Waals surface area contributed by atoms with E-state index in [0.29, 0.717) is 23.3 Å². The molecule has 2 aliphatic carbocycles. The van der Waals surface area contributed by atoms with E-state index in [1.54, 1.807) is 7.11 Å². The van der Waals surface area contributed by atoms with Gasteiger partial charge in [-0.25, -0.2) is 19.7 Å². The lowest BCUT2D eigenvalue weighted by molar-refractivity contribution is 0.124. The highest BCUT2D eigenvalue weighted by Gasteiger charge is 2.30. The number of H-pyrrole nitrogens is 1. The predicted octanol–water partition coefficient (Wildman–Crippen LogP) is 5.33. The predicted molar refractivity (Wildman–Crippen MR) is 148 cm³/mol. The Morgan fingerprint density at radius 1 is 1.10 bits per heavy atom. The molecule has 2 saturated carbocycles. The average molecular weight is 532 g/mol. The quantitative estimate of drug-likeness (QED) is 0.297. The van der Waals surface area contributed by atoms with Crippen LogP contribution in [0.15, 0.2) is 39.6 Å². The van der Waals surface area contributed by atoms with Gasteiger partial charge in [-0.2, -0.15) is 0 Å². The first-order valence-electron chi connectivity index (χ1n) is 14.2. The van der Waals surface area contributed by atoms with Crippen LogP contribution in [0.4, 0.5) is 5.82 Å². The van der Waals surface area contributed by atoms with E-state index in [9.17, 15) is 4.79 Å². The molecule has 0 radical (unpaired) electrons. The molecule has 0 amide bonds. The van der Waals surface area contributed by atoms with Crippen LogP contribution in [0.1, 0.15) is 76.3 Å². The first kappa shape index (κ1) is 25.7. The van der Waals surface area contributed by atoms with Gasteiger partial charge in [-0.1, -0.05) is 61.7 Å². The zero-order valence-electron chi connectivity index (χ0n) is 22.9. The monoisotopic (exact) mass is 531 g/mol. The van der Waals surface area contributed by atoms with Gasteiger partial charge in [-0.15, -0.1) is 0 Å². The van der Waals surface area contributed by atoms with Crippen molar-refractivity contribution in [1.82, 2.24) is 29.7 Å². The molecule has 0 spiro atoms. The number of fused-ring (bicyclic) bond motifs is 1. The number of nitrogens with zero attached hydrogens (tertiary/aromatic N) is 5. The highest BCUT2D eigenvalue weighted by molar-refractivity contribution is 5.86. The van der Waals surface area contributed by atoms with Gasteiger partial charge in [-0.3, -0.25) is 9.51 Å². The maximum Gasteiger partial charge on any atom is 0.439 e. The summed E-state index contributed by atoms with van der Waals surface area (Å²) in [6.45, 7) is 5.38. The summed E-state index contributed by atoms with van der Waals surface area (Å²) in [5.41, 5.74) is 2.44. The second-order valence-corrected chi connectivity index (χ2v) is 11.4. The number of imidazole rings is 1. The van der Waals surface area contributed by atoms with Crippen LogP contribution in [-0.2, 0) is 11.3 Å². The molecule has 3 aromatic heterocycles. The number of nitrogens with one attached hydrogen (secondary N) is 2. The third-order valence-corrected chi connectivity index (χ3v) is 8.65. The Labute approximate surface area is 227 Å². The SMILES string of the molecule is COC(c1ccccc1)c1nc2nc(-c3noc(=O)[nH]3)nc(N[C@H](C)C3CCC3)c2n1CC1CCC(C)CC1. The van der Waals surface area contributed by atoms with Gasteiger partial charge in [0.25, 0.3) is 0 Å². The Morgan fingerprint density at radius 2 is 1.87 bits per heavy atom. The summed E-state index contributed by atoms with van der Waals surface area (Å²) in [7, 11) is 1.72. The molecule has 2 N–H and O–H groups in total. The summed E-state index contributed by atoms with van der Waals surface area (Å²) in [5.74, 6) is 3.21. The van der Waals surface area contributed by atoms with Crippen LogP contribution in [0, 0.1) is 17.8 Å². The molecule has 2 fully saturated rings. The van der Waals surface area contributed by atoms with E-state index in [1.165, 1.54) is 44.9 Å². The van der Waals surface area contributed by atoms with Crippen molar-refractivity contribution >= 4 is 17.0 Å². The van der Waals surface area contributed by atoms with Crippen LogP contribution < -0.4 is 11.1 Å². The largest absolute Gasteiger partial charge is 0.439 e. The maximum atomic E-state index is 11.7. The second-order valence-electron chi connectivity index (χ2n) is 11.4. The molecule has 6 rings (SSSR count). The fourth-order valence-electron chi connectivity index (χ4n) is 6.03. The molecule has 3 heterocycles. The van der Waals surface area contributed by atoms with E-state index in [-0.39, 0.29) is 23.8 Å². The van der Waals surface area contributed by atoms with Crippen molar-refractivity contribution < 1.29 is 9.26 Å². The minimum Gasteiger partial charge on any atom is -0.369 e. The zero-order chi connectivity index (χ0) is 26.9. The van der Waals surface area contributed by atoms with E-state index < -0.39 is 5.76 Å². The molecule has 0 saturated heterocycles. The number of hydrogen-bond acceptors (Lipinski definition) is 8. The van der Waals surface area contributed by atoms with E-state index in [0.717, 1.165) is 29.4 Å². The topological polar surface area (TPSA) is 124 Å². The molecule has 39 heavy (non-hydrogen) atoms. The molecule has 10 nitrogen and oxygen atoms in total. The Balaban J connectivity index is 1.52. The van der Waals surface area contributed by atoms with Crippen molar-refractivity contribution in [3.63, 3.8) is 0 Å². The second kappa shape index (κ2) is 10.9. The number of benzene rings is 1. The molecule has 206 valence electrons. The summed E-state index contributed by atoms with van der Waals surface area (Å²) >= 11 is 0. The van der Waals surface area contributed by atoms with Crippen molar-refractivity contribution in [2.24, 2.45) is 17.8 Å². The van der Waals surface area contributed by atoms with Crippen LogP contribution in [0.2, 0.25) is 0 Å². The molecule has 1 unspecified atom stereocenters. The standard InChI is InChI=1S/C29H37N7O3/c1-17-12-14-19(15-13-17)16-36-22-24(30-18(2)20-10-7-11-20)31-26(27-34-29(37)39-35-27)32-25(22)33-28(36)23(38-3)21-8-5-4-6-9-21/h4-6,8-9,17-20,23H,7,10-16H2,1-3H3,(H,30,31,32)(H,34,35,37)/t17?,18-,19?,23?/m1/s1. The van der Waals surface area contributed by atoms with E-state index in [4.69, 9.17) is 24.2 Å². The van der Waals surface area contributed by atoms with Crippen LogP contribution in [-0.4, -0.2) is 42.8 Å². The van der Waals surface area contributed by atoms with Gasteiger partial charge in [0.05, 0.1) is 0 Å². The lowest BCUT2D eigenvalue weighted by atomic mass is 9.80. The number of aromatic nitrogens is 6. The third-order valence-electron chi connectivity index (χ3n) is 8.65. The maximum absolute atomic E-state index is 11.7. The Morgan fingerprint density at radius 3 is 2.51 bits per heavy atom. The molecular weight excluding hydrogens is 494 g/mol. The van der Waals surface area contributed by atoms with Crippen molar-refractivity contribution in [1.29, 1.82) is 0 Å². The van der Waals surface area contributed by atoms with Crippen LogP contribution in [0.5, 0.6) is 0 Å². The fraction of sp³-hybridized carbons (Fsp3) is 0.552. The van der Waals surface area contributed by atoms with Gasteiger partial charge in [0.2, 0.25) is 11.6 Å². The summed E-state index contributed by atoms with van der Waals surface area (Å²) in [4.78, 5) is 29.0. The molecular formula is C29H37N7O3. The van der Waals surface area contributed by atoms with Gasteiger partial charge in [0, 0.05) is 19.7 Å². The van der Waals surface area contributed by atoms with Crippen molar-refractivity contribution in [3.8, 4) is 11.6 Å². The molecule has 1 aromatic carbocycles. The molecule has 10 heteroatoms. The van der Waals surface area contributed by atoms with E-state index in [1.807, 2.05) is 18.2 Å². The average Bonchev–Trinajstić information content (AvgIpc) is 3.49. The molecule has 2 aliphatic rings. The lowest BCUT2D eigenvalue weighted by Gasteiger charge is -2.32. The van der Waals surface area contributed by atoms with E-state index in [2.05, 4.69) is 46.0 Å². The summed E-state index contributed by atoms with van der Waals surface area (Å²) in [6, 6.07) is 10.4. The summed E-state index contributed by atoms with van der Waals surface area (Å²) < 4.78 is 13.1. The van der Waals surface area contributed by atoms with Crippen LogP contribution in [0.25, 0.3) is 22.8 Å². The van der Waals surface area contributed by atoms with Gasteiger partial charge in [0.15, 0.2) is 11.5 Å². The van der Waals surface area contributed by atoms with Gasteiger partial charge >= 0.3 is 5.76 Å². The number of methoxy groups -OCH3 is 1. The first-order valence-corrected chi connectivity index (χ1v) is 14.2. The third kappa shape index (κ3) is 5.22. The van der Waals surface area contributed by atoms with E-state index >= 15 is 0 Å². The van der Waals surface area contributed by atoms with Gasteiger partial charge < -0.3 is 14.6 Å². The number of aromatic amines is 1. The smallest absolute Gasteiger partial charge is 0.369 e. The molecule has 0 bridgehead atoms. The lowest BCUT2D eigenvalue weighted by Crippen LogP contribution is -2.31. The Kier molecular flexibility index (Phi) is 7.20. The number of hydrogen-bond donors (Lipinski definition) is 2. The van der Waals surface area contributed by atoms with Crippen molar-refractivity contribution in [2.45, 2.75) is 77.5 Å². The van der Waals surface area contributed by atoms with Crippen molar-refractivity contribution in [2.75, 3.05) is 12.4 Å². The summed E-state index contributed by atoms with van der Waals surface area (Å²) in [5, 5.41) is 7.54. The fourth-order valence-corrected chi connectivity index (χ4v) is 6.03. The highest BCUT2D eigenvalue weighted by Crippen LogP contribution is 2.37. The Hall–Kier alpha value is -3.53. The molecule has 2 atom stereocenters. The Bertz CT molecular complexity index is 1470. The minimum absolute atomic E-state index is 0.185. The number of ether oxygens (including phenoxy) is 1. The minimum atomic E-state index is -0.646. The zero-order valence-corrected chi connectivity index (χ0v) is 22.9. The molecule has 0 aliphatic heterocycles. The molecule has 4 aromatic rings. The van der Waals surface area contributed by atoms with Gasteiger partial charge in [0.1, 0.15) is 17.4 Å². The normalized spacial score (nSPS) is 21.5. The summed E-state index contributed by atoms with van der Waals surface area (Å²) in [6.07, 6.45) is 8.15. The highest BCUT2D eigenvalue weighted by atomic mass is 16.5. The first-order chi connectivity index (χ1) is 19.0. The van der Waals surface area contributed by atoms with Gasteiger partial charge in [-0.05, 0) is 55.9 Å². The number of anilines is 1. The van der Waals surface area contributed by atoms with Crippen LogP contribution in [0.3, 0.4) is 0 Å². The van der Waals surface area contributed by atoms with Crippen molar-refractivity contribution in [3.05, 3.63) is 52.3 Å². The van der Waals surface area contributed by atoms with Crippen LogP contribution >= 0.6 is 0 Å². The number of rotatable bonds is 9.